The lowest BCUT2D eigenvalue weighted by Crippen LogP contribution is -2.45. The Morgan fingerprint density at radius 3 is 1.50 bits per heavy atom. The number of rotatable bonds is 42. The van der Waals surface area contributed by atoms with Crippen LogP contribution in [0.4, 0.5) is 0 Å². The van der Waals surface area contributed by atoms with Crippen molar-refractivity contribution in [2.45, 2.75) is 180 Å². The van der Waals surface area contributed by atoms with Gasteiger partial charge in [-0.25, -0.2) is 0 Å². The van der Waals surface area contributed by atoms with Gasteiger partial charge in [-0.3, -0.25) is 9.36 Å². The molecule has 0 aliphatic rings. The molecular formula is C53H91N2O6P. The van der Waals surface area contributed by atoms with Gasteiger partial charge in [-0.15, -0.1) is 0 Å². The molecule has 0 aromatic rings. The van der Waals surface area contributed by atoms with Gasteiger partial charge < -0.3 is 28.8 Å². The van der Waals surface area contributed by atoms with E-state index in [9.17, 15) is 19.4 Å². The fourth-order valence-corrected chi connectivity index (χ4v) is 6.87. The van der Waals surface area contributed by atoms with Gasteiger partial charge in [0.25, 0.3) is 7.82 Å². The number of unbranched alkanes of at least 4 members (excludes halogenated alkanes) is 13. The molecule has 0 spiro atoms. The lowest BCUT2D eigenvalue weighted by molar-refractivity contribution is -0.870. The monoisotopic (exact) mass is 883 g/mol. The number of likely N-dealkylation sites (N-methyl/N-ethyl adjacent to an activating group) is 1. The van der Waals surface area contributed by atoms with E-state index in [0.717, 1.165) is 103 Å². The second-order valence-electron chi connectivity index (χ2n) is 17.1. The Labute approximate surface area is 381 Å². The van der Waals surface area contributed by atoms with Gasteiger partial charge in [0.05, 0.1) is 39.9 Å². The van der Waals surface area contributed by atoms with Crippen LogP contribution in [0.5, 0.6) is 0 Å². The Balaban J connectivity index is 4.39. The molecule has 0 aliphatic heterocycles. The Kier molecular flexibility index (Phi) is 41.4. The van der Waals surface area contributed by atoms with Gasteiger partial charge in [0.2, 0.25) is 5.91 Å². The molecular weight excluding hydrogens is 792 g/mol. The van der Waals surface area contributed by atoms with Crippen LogP contribution in [0.15, 0.2) is 109 Å². The number of carbonyl (C=O) groups is 1. The lowest BCUT2D eigenvalue weighted by Gasteiger charge is -2.29. The van der Waals surface area contributed by atoms with Gasteiger partial charge in [0, 0.05) is 6.42 Å². The summed E-state index contributed by atoms with van der Waals surface area (Å²) in [5.74, 6) is -0.233. The molecule has 0 saturated carbocycles. The van der Waals surface area contributed by atoms with Gasteiger partial charge >= 0.3 is 0 Å². The molecule has 354 valence electrons. The number of aliphatic hydroxyl groups is 1. The van der Waals surface area contributed by atoms with E-state index in [1.807, 2.05) is 27.2 Å². The fourth-order valence-electron chi connectivity index (χ4n) is 6.15. The number of nitrogens with zero attached hydrogens (tertiary/aromatic N) is 1. The maximum Gasteiger partial charge on any atom is 0.268 e. The first-order valence-corrected chi connectivity index (χ1v) is 25.7. The zero-order valence-electron chi connectivity index (χ0n) is 40.0. The van der Waals surface area contributed by atoms with Crippen molar-refractivity contribution in [3.05, 3.63) is 109 Å². The Morgan fingerprint density at radius 1 is 0.581 bits per heavy atom. The molecule has 8 nitrogen and oxygen atoms in total. The zero-order chi connectivity index (χ0) is 45.7. The molecule has 0 bridgehead atoms. The third kappa shape index (κ3) is 45.2. The van der Waals surface area contributed by atoms with Crippen molar-refractivity contribution >= 4 is 13.7 Å². The summed E-state index contributed by atoms with van der Waals surface area (Å²) in [5.41, 5.74) is 0. The highest BCUT2D eigenvalue weighted by atomic mass is 31.2. The maximum atomic E-state index is 12.9. The molecule has 2 N–H and O–H groups in total. The molecule has 0 heterocycles. The molecule has 62 heavy (non-hydrogen) atoms. The number of nitrogens with one attached hydrogen (secondary N) is 1. The normalized spacial score (nSPS) is 15.1. The van der Waals surface area contributed by atoms with Crippen molar-refractivity contribution in [2.75, 3.05) is 40.9 Å². The average Bonchev–Trinajstić information content (AvgIpc) is 3.23. The first kappa shape index (κ1) is 59.2. The molecule has 0 aliphatic carbocycles. The Bertz CT molecular complexity index is 1370. The maximum absolute atomic E-state index is 12.9. The topological polar surface area (TPSA) is 108 Å². The number of hydrogen-bond donors (Lipinski definition) is 2. The first-order valence-electron chi connectivity index (χ1n) is 24.2. The summed E-state index contributed by atoms with van der Waals surface area (Å²) < 4.78 is 23.2. The minimum atomic E-state index is -4.61. The quantitative estimate of drug-likeness (QED) is 0.0274. The number of carbonyl (C=O) groups excluding carboxylic acids is 1. The molecule has 0 aromatic heterocycles. The van der Waals surface area contributed by atoms with Crippen molar-refractivity contribution in [3.8, 4) is 0 Å². The molecule has 0 fully saturated rings. The molecule has 3 unspecified atom stereocenters. The Morgan fingerprint density at radius 2 is 1.00 bits per heavy atom. The summed E-state index contributed by atoms with van der Waals surface area (Å²) in [5, 5.41) is 13.7. The number of hydrogen-bond acceptors (Lipinski definition) is 6. The predicted octanol–water partition coefficient (Wildman–Crippen LogP) is 13.4. The summed E-state index contributed by atoms with van der Waals surface area (Å²) >= 11 is 0. The van der Waals surface area contributed by atoms with Crippen molar-refractivity contribution in [3.63, 3.8) is 0 Å². The van der Waals surface area contributed by atoms with Crippen molar-refractivity contribution in [1.29, 1.82) is 0 Å². The molecule has 3 atom stereocenters. The third-order valence-electron chi connectivity index (χ3n) is 9.97. The summed E-state index contributed by atoms with van der Waals surface area (Å²) in [4.78, 5) is 25.3. The standard InChI is InChI=1S/C53H91N2O6P/c1-6-8-10-12-14-16-18-20-21-22-23-24-25-26-27-28-29-30-31-32-33-35-37-39-41-43-45-47-53(57)54-51(50-61-62(58,59)60-49-48-55(3,4)5)52(56)46-44-42-40-38-36-34-19-17-15-13-11-9-7-2/h8,10,14,16,20-21,23-24,26-27,29-30,32-33,36,38,44,46,51-52,56H,6-7,9,11-13,15,17-19,22,25,28,31,34-35,37,39-43,45,47-50H2,1-5H3,(H-,54,57,58,59)/b10-8-,16-14-,21-20-,24-23-,27-26-,30-29-,33-32-,38-36+,46-44+. The van der Waals surface area contributed by atoms with Gasteiger partial charge in [0.1, 0.15) is 13.2 Å². The third-order valence-corrected chi connectivity index (χ3v) is 10.9. The van der Waals surface area contributed by atoms with E-state index in [2.05, 4.69) is 116 Å². The lowest BCUT2D eigenvalue weighted by atomic mass is 10.1. The fraction of sp³-hybridized carbons (Fsp3) is 0.642. The highest BCUT2D eigenvalue weighted by Crippen LogP contribution is 2.38. The minimum Gasteiger partial charge on any atom is -0.756 e. The van der Waals surface area contributed by atoms with Crippen molar-refractivity contribution in [1.82, 2.24) is 5.32 Å². The van der Waals surface area contributed by atoms with Crippen LogP contribution in [-0.2, 0) is 18.4 Å². The number of phosphoric ester groups is 1. The molecule has 9 heteroatoms. The van der Waals surface area contributed by atoms with E-state index >= 15 is 0 Å². The van der Waals surface area contributed by atoms with E-state index in [0.29, 0.717) is 17.4 Å². The number of phosphoric acid groups is 1. The van der Waals surface area contributed by atoms with Gasteiger partial charge in [-0.2, -0.15) is 0 Å². The second kappa shape index (κ2) is 43.4. The van der Waals surface area contributed by atoms with Crippen LogP contribution in [0.1, 0.15) is 168 Å². The summed E-state index contributed by atoms with van der Waals surface area (Å²) in [6.07, 6.45) is 62.9. The number of allylic oxidation sites excluding steroid dienone is 17. The second-order valence-corrected chi connectivity index (χ2v) is 18.5. The van der Waals surface area contributed by atoms with Crippen LogP contribution >= 0.6 is 7.82 Å². The molecule has 0 aromatic carbocycles. The first-order chi connectivity index (χ1) is 30.0. The zero-order valence-corrected chi connectivity index (χ0v) is 40.9. The summed E-state index contributed by atoms with van der Waals surface area (Å²) in [6, 6.07) is -0.921. The van der Waals surface area contributed by atoms with E-state index < -0.39 is 26.6 Å². The number of aliphatic hydroxyl groups excluding tert-OH is 1. The van der Waals surface area contributed by atoms with Crippen molar-refractivity contribution < 1.29 is 32.9 Å². The van der Waals surface area contributed by atoms with E-state index in [4.69, 9.17) is 9.05 Å². The van der Waals surface area contributed by atoms with Crippen LogP contribution < -0.4 is 10.2 Å². The Hall–Kier alpha value is -2.84. The number of amides is 1. The summed E-state index contributed by atoms with van der Waals surface area (Å²) in [6.45, 7) is 4.45. The highest BCUT2D eigenvalue weighted by Gasteiger charge is 2.23. The highest BCUT2D eigenvalue weighted by molar-refractivity contribution is 7.45. The van der Waals surface area contributed by atoms with E-state index in [-0.39, 0.29) is 12.5 Å². The minimum absolute atomic E-state index is 0.0170. The SMILES string of the molecule is CC/C=C\C/C=C\C/C=C\C/C=C\C/C=C\C/C=C\C/C=C\CCCCCCCC(=O)NC(COP(=O)([O-])OCC[N+](C)(C)C)C(O)/C=C/CC/C=C/CCCCCCCCC. The van der Waals surface area contributed by atoms with Crippen molar-refractivity contribution in [2.24, 2.45) is 0 Å². The molecule has 1 amide bonds. The number of quaternary nitrogens is 1. The molecule has 0 radical (unpaired) electrons. The summed E-state index contributed by atoms with van der Waals surface area (Å²) in [7, 11) is 1.21. The molecule has 0 rings (SSSR count). The van der Waals surface area contributed by atoms with Crippen LogP contribution in [-0.4, -0.2) is 68.5 Å². The van der Waals surface area contributed by atoms with Gasteiger partial charge in [0.15, 0.2) is 0 Å². The molecule has 0 saturated heterocycles. The van der Waals surface area contributed by atoms with Crippen LogP contribution in [0.3, 0.4) is 0 Å². The van der Waals surface area contributed by atoms with Crippen LogP contribution in [0.25, 0.3) is 0 Å². The van der Waals surface area contributed by atoms with Gasteiger partial charge in [-0.05, 0) is 89.9 Å². The average molecular weight is 883 g/mol. The smallest absolute Gasteiger partial charge is 0.268 e. The van der Waals surface area contributed by atoms with E-state index in [1.54, 1.807) is 6.08 Å². The van der Waals surface area contributed by atoms with Crippen LogP contribution in [0.2, 0.25) is 0 Å². The van der Waals surface area contributed by atoms with Gasteiger partial charge in [-0.1, -0.05) is 181 Å². The largest absolute Gasteiger partial charge is 0.756 e. The van der Waals surface area contributed by atoms with E-state index in [1.165, 1.54) is 44.9 Å². The van der Waals surface area contributed by atoms with Crippen LogP contribution in [0, 0.1) is 0 Å². The predicted molar refractivity (Wildman–Crippen MR) is 265 cm³/mol.